The Hall–Kier alpha value is -2.72. The molecule has 0 aliphatic rings. The summed E-state index contributed by atoms with van der Waals surface area (Å²) in [5.41, 5.74) is 1.68. The largest absolute Gasteiger partial charge is 0.342 e. The van der Waals surface area contributed by atoms with Crippen LogP contribution < -0.4 is 10.6 Å². The molecule has 2 rings (SSSR count). The monoisotopic (exact) mass is 328 g/mol. The van der Waals surface area contributed by atoms with Crippen molar-refractivity contribution >= 4 is 28.8 Å². The molecular formula is C16H16N4O2S. The van der Waals surface area contributed by atoms with Crippen molar-refractivity contribution in [1.82, 2.24) is 10.3 Å². The van der Waals surface area contributed by atoms with E-state index in [9.17, 15) is 9.59 Å². The minimum atomic E-state index is -0.756. The zero-order valence-electron chi connectivity index (χ0n) is 12.8. The quantitative estimate of drug-likeness (QED) is 0.843. The fraction of sp³-hybridized carbons (Fsp3) is 0.250. The average Bonchev–Trinajstić information content (AvgIpc) is 3.02. The maximum atomic E-state index is 11.8. The summed E-state index contributed by atoms with van der Waals surface area (Å²) in [5, 5.41) is 16.6. The molecule has 0 unspecified atom stereocenters. The molecule has 1 aromatic carbocycles. The Labute approximate surface area is 138 Å². The first-order chi connectivity index (χ1) is 11.0. The summed E-state index contributed by atoms with van der Waals surface area (Å²) in [4.78, 5) is 28.0. The van der Waals surface area contributed by atoms with Crippen LogP contribution in [-0.2, 0) is 16.1 Å². The van der Waals surface area contributed by atoms with Crippen molar-refractivity contribution in [3.8, 4) is 6.07 Å². The Morgan fingerprint density at radius 2 is 1.96 bits per heavy atom. The first-order valence-electron chi connectivity index (χ1n) is 7.03. The molecule has 6 nitrogen and oxygen atoms in total. The molecule has 23 heavy (non-hydrogen) atoms. The number of nitriles is 1. The number of benzene rings is 1. The van der Waals surface area contributed by atoms with Crippen LogP contribution in [0.2, 0.25) is 0 Å². The van der Waals surface area contributed by atoms with Gasteiger partial charge >= 0.3 is 11.8 Å². The van der Waals surface area contributed by atoms with Gasteiger partial charge in [-0.3, -0.25) is 9.59 Å². The van der Waals surface area contributed by atoms with Gasteiger partial charge in [-0.2, -0.15) is 5.26 Å². The molecule has 0 spiro atoms. The molecule has 0 aliphatic heterocycles. The number of carbonyl (C=O) groups is 2. The lowest BCUT2D eigenvalue weighted by Crippen LogP contribution is -2.35. The molecule has 0 atom stereocenters. The summed E-state index contributed by atoms with van der Waals surface area (Å²) < 4.78 is 0. The number of amides is 2. The minimum Gasteiger partial charge on any atom is -0.342 e. The van der Waals surface area contributed by atoms with E-state index in [2.05, 4.69) is 15.6 Å². The Kier molecular flexibility index (Phi) is 5.44. The van der Waals surface area contributed by atoms with Crippen molar-refractivity contribution in [2.75, 3.05) is 5.32 Å². The second-order valence-electron chi connectivity index (χ2n) is 5.16. The van der Waals surface area contributed by atoms with Crippen LogP contribution in [0.4, 0.5) is 5.69 Å². The molecule has 2 amide bonds. The Morgan fingerprint density at radius 3 is 2.52 bits per heavy atom. The summed E-state index contributed by atoms with van der Waals surface area (Å²) in [5.74, 6) is -1.15. The molecule has 2 aromatic rings. The third-order valence-electron chi connectivity index (χ3n) is 2.97. The number of nitrogens with zero attached hydrogens (tertiary/aromatic N) is 2. The molecule has 118 valence electrons. The summed E-state index contributed by atoms with van der Waals surface area (Å²) in [6, 6.07) is 8.25. The Bertz CT molecular complexity index is 744. The van der Waals surface area contributed by atoms with E-state index in [0.29, 0.717) is 17.2 Å². The third-order valence-corrected chi connectivity index (χ3v) is 4.17. The highest BCUT2D eigenvalue weighted by Crippen LogP contribution is 2.18. The smallest absolute Gasteiger partial charge is 0.313 e. The fourth-order valence-corrected chi connectivity index (χ4v) is 2.57. The second-order valence-corrected chi connectivity index (χ2v) is 6.05. The molecule has 1 heterocycles. The van der Waals surface area contributed by atoms with Gasteiger partial charge in [0.1, 0.15) is 0 Å². The van der Waals surface area contributed by atoms with Crippen LogP contribution in [0.25, 0.3) is 0 Å². The molecule has 0 saturated carbocycles. The lowest BCUT2D eigenvalue weighted by atomic mass is 10.2. The van der Waals surface area contributed by atoms with Crippen molar-refractivity contribution in [3.63, 3.8) is 0 Å². The normalized spacial score (nSPS) is 10.2. The first-order valence-corrected chi connectivity index (χ1v) is 7.91. The van der Waals surface area contributed by atoms with Crippen LogP contribution in [0, 0.1) is 11.3 Å². The summed E-state index contributed by atoms with van der Waals surface area (Å²) in [6.07, 6.45) is 0. The molecule has 0 bridgehead atoms. The molecule has 0 radical (unpaired) electrons. The molecule has 0 fully saturated rings. The van der Waals surface area contributed by atoms with E-state index in [-0.39, 0.29) is 6.54 Å². The lowest BCUT2D eigenvalue weighted by Gasteiger charge is -2.05. The predicted molar refractivity (Wildman–Crippen MR) is 87.8 cm³/mol. The standard InChI is InChI=1S/C16H16N4O2S/c1-10(2)16-20-13(9-23-16)8-18-14(21)15(22)19-12-5-3-11(7-17)4-6-12/h3-6,9-10H,8H2,1-2H3,(H,18,21)(H,19,22). The predicted octanol–water partition coefficient (Wildman–Crippen LogP) is 2.39. The summed E-state index contributed by atoms with van der Waals surface area (Å²) in [7, 11) is 0. The van der Waals surface area contributed by atoms with Crippen molar-refractivity contribution in [1.29, 1.82) is 5.26 Å². The number of nitrogens with one attached hydrogen (secondary N) is 2. The molecular weight excluding hydrogens is 312 g/mol. The molecule has 2 N–H and O–H groups in total. The first kappa shape index (κ1) is 16.6. The lowest BCUT2D eigenvalue weighted by molar-refractivity contribution is -0.136. The maximum Gasteiger partial charge on any atom is 0.313 e. The van der Waals surface area contributed by atoms with Crippen LogP contribution in [-0.4, -0.2) is 16.8 Å². The summed E-state index contributed by atoms with van der Waals surface area (Å²) in [6.45, 7) is 4.31. The van der Waals surface area contributed by atoms with Gasteiger partial charge in [-0.1, -0.05) is 13.8 Å². The van der Waals surface area contributed by atoms with E-state index >= 15 is 0 Å². The molecule has 1 aromatic heterocycles. The van der Waals surface area contributed by atoms with Gasteiger partial charge in [0.2, 0.25) is 0 Å². The van der Waals surface area contributed by atoms with Crippen molar-refractivity contribution in [2.24, 2.45) is 0 Å². The van der Waals surface area contributed by atoms with Crippen LogP contribution in [0.15, 0.2) is 29.6 Å². The zero-order chi connectivity index (χ0) is 16.8. The SMILES string of the molecule is CC(C)c1nc(CNC(=O)C(=O)Nc2ccc(C#N)cc2)cs1. The van der Waals surface area contributed by atoms with Crippen LogP contribution in [0.5, 0.6) is 0 Å². The zero-order valence-corrected chi connectivity index (χ0v) is 13.6. The number of thiazole rings is 1. The topological polar surface area (TPSA) is 94.9 Å². The number of carbonyl (C=O) groups excluding carboxylic acids is 2. The van der Waals surface area contributed by atoms with E-state index in [4.69, 9.17) is 5.26 Å². The van der Waals surface area contributed by atoms with Crippen LogP contribution >= 0.6 is 11.3 Å². The Morgan fingerprint density at radius 1 is 1.26 bits per heavy atom. The van der Waals surface area contributed by atoms with Gasteiger partial charge in [-0.05, 0) is 24.3 Å². The highest BCUT2D eigenvalue weighted by molar-refractivity contribution is 7.09. The van der Waals surface area contributed by atoms with Gasteiger partial charge in [0.25, 0.3) is 0 Å². The van der Waals surface area contributed by atoms with Gasteiger partial charge in [0.05, 0.1) is 28.9 Å². The van der Waals surface area contributed by atoms with Gasteiger partial charge in [0.15, 0.2) is 0 Å². The number of rotatable bonds is 4. The fourth-order valence-electron chi connectivity index (χ4n) is 1.74. The van der Waals surface area contributed by atoms with Crippen LogP contribution in [0.3, 0.4) is 0 Å². The van der Waals surface area contributed by atoms with Crippen LogP contribution in [0.1, 0.15) is 36.0 Å². The van der Waals surface area contributed by atoms with E-state index in [0.717, 1.165) is 10.7 Å². The minimum absolute atomic E-state index is 0.211. The number of hydrogen-bond acceptors (Lipinski definition) is 5. The van der Waals surface area contributed by atoms with Gasteiger partial charge in [-0.15, -0.1) is 11.3 Å². The van der Waals surface area contributed by atoms with Gasteiger partial charge in [0, 0.05) is 17.0 Å². The molecule has 7 heteroatoms. The number of hydrogen-bond donors (Lipinski definition) is 2. The van der Waals surface area contributed by atoms with Crippen molar-refractivity contribution in [3.05, 3.63) is 45.9 Å². The number of aromatic nitrogens is 1. The van der Waals surface area contributed by atoms with Gasteiger partial charge in [-0.25, -0.2) is 4.98 Å². The highest BCUT2D eigenvalue weighted by atomic mass is 32.1. The maximum absolute atomic E-state index is 11.8. The molecule has 0 aliphatic carbocycles. The third kappa shape index (κ3) is 4.63. The highest BCUT2D eigenvalue weighted by Gasteiger charge is 2.14. The van der Waals surface area contributed by atoms with Gasteiger partial charge < -0.3 is 10.6 Å². The van der Waals surface area contributed by atoms with E-state index in [1.165, 1.54) is 11.3 Å². The molecule has 0 saturated heterocycles. The Balaban J connectivity index is 1.86. The average molecular weight is 328 g/mol. The summed E-state index contributed by atoms with van der Waals surface area (Å²) >= 11 is 1.53. The van der Waals surface area contributed by atoms with Crippen molar-refractivity contribution < 1.29 is 9.59 Å². The van der Waals surface area contributed by atoms with E-state index in [1.807, 2.05) is 25.3 Å². The number of anilines is 1. The van der Waals surface area contributed by atoms with Crippen molar-refractivity contribution in [2.45, 2.75) is 26.3 Å². The van der Waals surface area contributed by atoms with E-state index < -0.39 is 11.8 Å². The second kappa shape index (κ2) is 7.51. The van der Waals surface area contributed by atoms with E-state index in [1.54, 1.807) is 24.3 Å².